The number of unbranched alkanes of at least 4 members (excludes halogenated alkanes) is 2. The first-order valence-electron chi connectivity index (χ1n) is 9.62. The second-order valence-corrected chi connectivity index (χ2v) is 8.59. The van der Waals surface area contributed by atoms with Crippen molar-refractivity contribution in [2.24, 2.45) is 11.3 Å². The molecule has 2 atom stereocenters. The fourth-order valence-electron chi connectivity index (χ4n) is 4.14. The molecule has 0 amide bonds. The highest BCUT2D eigenvalue weighted by Crippen LogP contribution is 2.47. The Kier molecular flexibility index (Phi) is 6.34. The summed E-state index contributed by atoms with van der Waals surface area (Å²) in [6.45, 7) is 11.6. The number of allylic oxidation sites excluding steroid dienone is 2. The normalized spacial score (nSPS) is 21.2. The van der Waals surface area contributed by atoms with E-state index in [-0.39, 0.29) is 0 Å². The van der Waals surface area contributed by atoms with Crippen LogP contribution in [0.25, 0.3) is 0 Å². The Morgan fingerprint density at radius 2 is 1.96 bits per heavy atom. The molecule has 0 heteroatoms. The molecule has 1 aromatic carbocycles. The Morgan fingerprint density at radius 1 is 1.21 bits per heavy atom. The van der Waals surface area contributed by atoms with E-state index in [0.717, 1.165) is 18.4 Å². The molecule has 0 nitrogen and oxygen atoms in total. The van der Waals surface area contributed by atoms with Gasteiger partial charge in [-0.15, -0.1) is 6.42 Å². The molecule has 0 fully saturated rings. The first kappa shape index (κ1) is 18.9. The van der Waals surface area contributed by atoms with Crippen molar-refractivity contribution in [3.05, 3.63) is 46.5 Å². The molecule has 0 spiro atoms. The summed E-state index contributed by atoms with van der Waals surface area (Å²) in [4.78, 5) is 0. The molecular formula is C24H34. The molecule has 0 heterocycles. The van der Waals surface area contributed by atoms with E-state index in [9.17, 15) is 0 Å². The van der Waals surface area contributed by atoms with Crippen LogP contribution in [0.3, 0.4) is 0 Å². The SMILES string of the molecule is C#Cc1cc(CCCCC)ccc1C1CC(C)=CCC1C(C)(C)C. The summed E-state index contributed by atoms with van der Waals surface area (Å²) in [5, 5.41) is 0. The first-order valence-corrected chi connectivity index (χ1v) is 9.62. The van der Waals surface area contributed by atoms with E-state index in [1.807, 2.05) is 0 Å². The van der Waals surface area contributed by atoms with Gasteiger partial charge in [-0.2, -0.15) is 0 Å². The van der Waals surface area contributed by atoms with Gasteiger partial charge in [-0.05, 0) is 67.1 Å². The lowest BCUT2D eigenvalue weighted by Crippen LogP contribution is -2.29. The lowest BCUT2D eigenvalue weighted by Gasteiger charge is -2.40. The van der Waals surface area contributed by atoms with Crippen molar-refractivity contribution < 1.29 is 0 Å². The zero-order valence-electron chi connectivity index (χ0n) is 16.3. The van der Waals surface area contributed by atoms with E-state index in [2.05, 4.69) is 64.8 Å². The van der Waals surface area contributed by atoms with Gasteiger partial charge in [0.15, 0.2) is 0 Å². The molecule has 0 N–H and O–H groups in total. The van der Waals surface area contributed by atoms with Gasteiger partial charge in [0.2, 0.25) is 0 Å². The summed E-state index contributed by atoms with van der Waals surface area (Å²) in [5.41, 5.74) is 5.72. The van der Waals surface area contributed by atoms with Crippen LogP contribution >= 0.6 is 0 Å². The summed E-state index contributed by atoms with van der Waals surface area (Å²) in [5.74, 6) is 4.19. The van der Waals surface area contributed by atoms with E-state index < -0.39 is 0 Å². The van der Waals surface area contributed by atoms with Crippen molar-refractivity contribution in [1.29, 1.82) is 0 Å². The lowest BCUT2D eigenvalue weighted by atomic mass is 9.64. The smallest absolute Gasteiger partial charge is 0.0280 e. The summed E-state index contributed by atoms with van der Waals surface area (Å²) < 4.78 is 0. The van der Waals surface area contributed by atoms with Gasteiger partial charge in [-0.3, -0.25) is 0 Å². The van der Waals surface area contributed by atoms with Gasteiger partial charge in [0.25, 0.3) is 0 Å². The van der Waals surface area contributed by atoms with E-state index in [1.165, 1.54) is 42.4 Å². The summed E-state index contributed by atoms with van der Waals surface area (Å²) >= 11 is 0. The predicted molar refractivity (Wildman–Crippen MR) is 106 cm³/mol. The molecule has 1 aliphatic rings. The van der Waals surface area contributed by atoms with Crippen molar-refractivity contribution in [2.45, 2.75) is 79.1 Å². The average Bonchev–Trinajstić information content (AvgIpc) is 2.53. The highest BCUT2D eigenvalue weighted by atomic mass is 14.4. The van der Waals surface area contributed by atoms with Gasteiger partial charge >= 0.3 is 0 Å². The maximum atomic E-state index is 5.91. The molecule has 0 aliphatic heterocycles. The zero-order chi connectivity index (χ0) is 17.7. The molecule has 0 radical (unpaired) electrons. The molecule has 0 saturated carbocycles. The van der Waals surface area contributed by atoms with E-state index >= 15 is 0 Å². The third kappa shape index (κ3) is 4.54. The Balaban J connectivity index is 2.32. The summed E-state index contributed by atoms with van der Waals surface area (Å²) in [6, 6.07) is 6.93. The lowest BCUT2D eigenvalue weighted by molar-refractivity contribution is 0.192. The van der Waals surface area contributed by atoms with Crippen molar-refractivity contribution >= 4 is 0 Å². The number of benzene rings is 1. The van der Waals surface area contributed by atoms with Gasteiger partial charge in [0, 0.05) is 5.56 Å². The van der Waals surface area contributed by atoms with Gasteiger partial charge in [-0.25, -0.2) is 0 Å². The van der Waals surface area contributed by atoms with Crippen LogP contribution in [0.15, 0.2) is 29.8 Å². The first-order chi connectivity index (χ1) is 11.4. The zero-order valence-corrected chi connectivity index (χ0v) is 16.3. The van der Waals surface area contributed by atoms with Crippen molar-refractivity contribution in [3.63, 3.8) is 0 Å². The molecule has 2 rings (SSSR count). The topological polar surface area (TPSA) is 0 Å². The van der Waals surface area contributed by atoms with Gasteiger partial charge in [0.05, 0.1) is 0 Å². The number of hydrogen-bond acceptors (Lipinski definition) is 0. The van der Waals surface area contributed by atoms with E-state index in [4.69, 9.17) is 6.42 Å². The summed E-state index contributed by atoms with van der Waals surface area (Å²) in [6.07, 6.45) is 15.6. The number of hydrogen-bond donors (Lipinski definition) is 0. The van der Waals surface area contributed by atoms with Gasteiger partial charge in [-0.1, -0.05) is 70.2 Å². The van der Waals surface area contributed by atoms with Crippen LogP contribution in [-0.2, 0) is 6.42 Å². The Labute approximate surface area is 149 Å². The van der Waals surface area contributed by atoms with Crippen molar-refractivity contribution in [1.82, 2.24) is 0 Å². The van der Waals surface area contributed by atoms with Crippen molar-refractivity contribution in [2.75, 3.05) is 0 Å². The highest BCUT2D eigenvalue weighted by Gasteiger charge is 2.35. The highest BCUT2D eigenvalue weighted by molar-refractivity contribution is 5.46. The minimum atomic E-state index is 0.299. The molecule has 24 heavy (non-hydrogen) atoms. The largest absolute Gasteiger partial charge is 0.115 e. The van der Waals surface area contributed by atoms with Gasteiger partial charge < -0.3 is 0 Å². The minimum Gasteiger partial charge on any atom is -0.115 e. The quantitative estimate of drug-likeness (QED) is 0.314. The molecule has 0 aromatic heterocycles. The van der Waals surface area contributed by atoms with Crippen LogP contribution in [0.5, 0.6) is 0 Å². The van der Waals surface area contributed by atoms with Crippen molar-refractivity contribution in [3.8, 4) is 12.3 Å². The molecule has 0 saturated heterocycles. The minimum absolute atomic E-state index is 0.299. The Hall–Kier alpha value is -1.48. The summed E-state index contributed by atoms with van der Waals surface area (Å²) in [7, 11) is 0. The number of aryl methyl sites for hydroxylation is 1. The average molecular weight is 323 g/mol. The van der Waals surface area contributed by atoms with Crippen LogP contribution in [0.2, 0.25) is 0 Å². The number of rotatable bonds is 5. The Morgan fingerprint density at radius 3 is 2.58 bits per heavy atom. The van der Waals surface area contributed by atoms with Gasteiger partial charge in [0.1, 0.15) is 0 Å². The molecule has 130 valence electrons. The van der Waals surface area contributed by atoms with Crippen LogP contribution in [0.1, 0.15) is 89.3 Å². The third-order valence-corrected chi connectivity index (χ3v) is 5.60. The maximum absolute atomic E-state index is 5.91. The monoisotopic (exact) mass is 322 g/mol. The maximum Gasteiger partial charge on any atom is 0.0280 e. The van der Waals surface area contributed by atoms with Crippen LogP contribution in [0, 0.1) is 23.7 Å². The van der Waals surface area contributed by atoms with Crippen LogP contribution in [0.4, 0.5) is 0 Å². The molecule has 1 aromatic rings. The fraction of sp³-hybridized carbons (Fsp3) is 0.583. The predicted octanol–water partition coefficient (Wildman–Crippen LogP) is 6.89. The molecule has 1 aliphatic carbocycles. The van der Waals surface area contributed by atoms with E-state index in [0.29, 0.717) is 17.3 Å². The molecule has 2 unspecified atom stereocenters. The van der Waals surface area contributed by atoms with Crippen LogP contribution in [-0.4, -0.2) is 0 Å². The second kappa shape index (κ2) is 8.06. The second-order valence-electron chi connectivity index (χ2n) is 8.59. The van der Waals surface area contributed by atoms with E-state index in [1.54, 1.807) is 0 Å². The standard InChI is InChI=1S/C24H34/c1-7-9-10-11-19-13-14-21(20(8-2)17-19)22-16-18(3)12-15-23(22)24(4,5)6/h2,12-14,17,22-23H,7,9-11,15-16H2,1,3-6H3. The molecule has 0 bridgehead atoms. The third-order valence-electron chi connectivity index (χ3n) is 5.60. The fourth-order valence-corrected chi connectivity index (χ4v) is 4.14. The number of terminal acetylenes is 1. The Bertz CT molecular complexity index is 618. The molecular weight excluding hydrogens is 288 g/mol. The van der Waals surface area contributed by atoms with Crippen LogP contribution < -0.4 is 0 Å².